The Labute approximate surface area is 115 Å². The molecule has 0 spiro atoms. The number of nitrogens with one attached hydrogen (secondary N) is 1. The number of aryl methyl sites for hydroxylation is 2. The van der Waals surface area contributed by atoms with Crippen molar-refractivity contribution in [2.45, 2.75) is 13.5 Å². The quantitative estimate of drug-likeness (QED) is 0.690. The molecule has 2 aromatic rings. The Morgan fingerprint density at radius 1 is 1.53 bits per heavy atom. The molecule has 19 heavy (non-hydrogen) atoms. The summed E-state index contributed by atoms with van der Waals surface area (Å²) in [5.41, 5.74) is 2.28. The van der Waals surface area contributed by atoms with Crippen LogP contribution in [-0.4, -0.2) is 14.7 Å². The second-order valence-electron chi connectivity index (χ2n) is 4.19. The van der Waals surface area contributed by atoms with Crippen LogP contribution >= 0.6 is 11.6 Å². The standard InChI is InChI=1S/C12H13ClN4O2/c1-8-9(7-16(2)15-8)6-14-11-5-10(13)3-4-12(11)17(18)19/h3-5,7,14H,6H2,1-2H3. The van der Waals surface area contributed by atoms with Crippen LogP contribution in [0.3, 0.4) is 0 Å². The summed E-state index contributed by atoms with van der Waals surface area (Å²) < 4.78 is 1.71. The Hall–Kier alpha value is -2.08. The monoisotopic (exact) mass is 280 g/mol. The molecule has 7 heteroatoms. The van der Waals surface area contributed by atoms with Crippen molar-refractivity contribution in [3.63, 3.8) is 0 Å². The van der Waals surface area contributed by atoms with Gasteiger partial charge in [0.1, 0.15) is 5.69 Å². The summed E-state index contributed by atoms with van der Waals surface area (Å²) in [6.07, 6.45) is 1.87. The van der Waals surface area contributed by atoms with E-state index in [1.54, 1.807) is 10.7 Å². The summed E-state index contributed by atoms with van der Waals surface area (Å²) >= 11 is 5.86. The van der Waals surface area contributed by atoms with E-state index >= 15 is 0 Å². The molecule has 2 rings (SSSR count). The van der Waals surface area contributed by atoms with Gasteiger partial charge in [0.25, 0.3) is 5.69 Å². The summed E-state index contributed by atoms with van der Waals surface area (Å²) in [7, 11) is 1.83. The lowest BCUT2D eigenvalue weighted by molar-refractivity contribution is -0.384. The van der Waals surface area contributed by atoms with E-state index in [-0.39, 0.29) is 5.69 Å². The zero-order valence-electron chi connectivity index (χ0n) is 10.6. The van der Waals surface area contributed by atoms with Gasteiger partial charge >= 0.3 is 0 Å². The van der Waals surface area contributed by atoms with Crippen molar-refractivity contribution < 1.29 is 4.92 Å². The van der Waals surface area contributed by atoms with Crippen molar-refractivity contribution in [2.24, 2.45) is 7.05 Å². The molecule has 0 saturated heterocycles. The van der Waals surface area contributed by atoms with Gasteiger partial charge in [0.2, 0.25) is 0 Å². The van der Waals surface area contributed by atoms with E-state index < -0.39 is 4.92 Å². The molecule has 1 N–H and O–H groups in total. The van der Waals surface area contributed by atoms with Crippen LogP contribution in [0.15, 0.2) is 24.4 Å². The van der Waals surface area contributed by atoms with E-state index in [9.17, 15) is 10.1 Å². The minimum absolute atomic E-state index is 0.00550. The minimum Gasteiger partial charge on any atom is -0.375 e. The van der Waals surface area contributed by atoms with Crippen LogP contribution in [0.5, 0.6) is 0 Å². The van der Waals surface area contributed by atoms with Gasteiger partial charge in [0.05, 0.1) is 10.6 Å². The highest BCUT2D eigenvalue weighted by atomic mass is 35.5. The maximum absolute atomic E-state index is 10.9. The lowest BCUT2D eigenvalue weighted by Crippen LogP contribution is -2.03. The first-order valence-electron chi connectivity index (χ1n) is 5.64. The third-order valence-electron chi connectivity index (χ3n) is 2.74. The van der Waals surface area contributed by atoms with Gasteiger partial charge in [-0.1, -0.05) is 11.6 Å². The third-order valence-corrected chi connectivity index (χ3v) is 2.97. The van der Waals surface area contributed by atoms with E-state index in [1.807, 2.05) is 20.2 Å². The fourth-order valence-electron chi connectivity index (χ4n) is 1.82. The van der Waals surface area contributed by atoms with Gasteiger partial charge in [-0.05, 0) is 19.1 Å². The molecule has 0 aliphatic rings. The smallest absolute Gasteiger partial charge is 0.292 e. The molecule has 1 aromatic heterocycles. The zero-order valence-corrected chi connectivity index (χ0v) is 11.3. The largest absolute Gasteiger partial charge is 0.375 e. The number of hydrogen-bond acceptors (Lipinski definition) is 4. The van der Waals surface area contributed by atoms with Crippen LogP contribution in [0, 0.1) is 17.0 Å². The fraction of sp³-hybridized carbons (Fsp3) is 0.250. The highest BCUT2D eigenvalue weighted by Gasteiger charge is 2.14. The number of hydrogen-bond donors (Lipinski definition) is 1. The SMILES string of the molecule is Cc1nn(C)cc1CNc1cc(Cl)ccc1[N+](=O)[O-]. The topological polar surface area (TPSA) is 73.0 Å². The Kier molecular flexibility index (Phi) is 3.71. The second-order valence-corrected chi connectivity index (χ2v) is 4.62. The Morgan fingerprint density at radius 2 is 2.26 bits per heavy atom. The molecule has 0 bridgehead atoms. The first-order chi connectivity index (χ1) is 8.97. The molecule has 0 atom stereocenters. The molecule has 0 saturated carbocycles. The van der Waals surface area contributed by atoms with Crippen molar-refractivity contribution in [3.8, 4) is 0 Å². The van der Waals surface area contributed by atoms with Crippen LogP contribution in [0.1, 0.15) is 11.3 Å². The van der Waals surface area contributed by atoms with E-state index in [1.165, 1.54) is 12.1 Å². The molecule has 0 aliphatic carbocycles. The molecule has 0 fully saturated rings. The predicted molar refractivity (Wildman–Crippen MR) is 73.4 cm³/mol. The second kappa shape index (κ2) is 5.27. The Bertz CT molecular complexity index is 624. The highest BCUT2D eigenvalue weighted by Crippen LogP contribution is 2.28. The van der Waals surface area contributed by atoms with Crippen LogP contribution in [0.2, 0.25) is 5.02 Å². The minimum atomic E-state index is -0.436. The number of anilines is 1. The first kappa shape index (κ1) is 13.4. The molecule has 1 heterocycles. The summed E-state index contributed by atoms with van der Waals surface area (Å²) in [6, 6.07) is 4.44. The van der Waals surface area contributed by atoms with Gasteiger partial charge in [0.15, 0.2) is 0 Å². The molecule has 1 aromatic carbocycles. The Balaban J connectivity index is 2.21. The van der Waals surface area contributed by atoms with Crippen LogP contribution in [-0.2, 0) is 13.6 Å². The molecule has 0 radical (unpaired) electrons. The van der Waals surface area contributed by atoms with Crippen molar-refractivity contribution in [2.75, 3.05) is 5.32 Å². The van der Waals surface area contributed by atoms with Gasteiger partial charge < -0.3 is 5.32 Å². The number of nitro groups is 1. The first-order valence-corrected chi connectivity index (χ1v) is 6.02. The number of nitrogens with zero attached hydrogens (tertiary/aromatic N) is 3. The average Bonchev–Trinajstić information content (AvgIpc) is 2.65. The van der Waals surface area contributed by atoms with Crippen molar-refractivity contribution in [3.05, 3.63) is 50.8 Å². The van der Waals surface area contributed by atoms with E-state index in [2.05, 4.69) is 10.4 Å². The zero-order chi connectivity index (χ0) is 14.0. The van der Waals surface area contributed by atoms with E-state index in [0.29, 0.717) is 17.3 Å². The number of aromatic nitrogens is 2. The third kappa shape index (κ3) is 3.03. The molecule has 0 aliphatic heterocycles. The summed E-state index contributed by atoms with van der Waals surface area (Å²) in [4.78, 5) is 10.5. The molecule has 0 amide bonds. The molecular weight excluding hydrogens is 268 g/mol. The lowest BCUT2D eigenvalue weighted by atomic mass is 10.2. The Morgan fingerprint density at radius 3 is 2.84 bits per heavy atom. The predicted octanol–water partition coefficient (Wildman–Crippen LogP) is 2.90. The van der Waals surface area contributed by atoms with Gasteiger partial charge in [-0.25, -0.2) is 0 Å². The van der Waals surface area contributed by atoms with Crippen molar-refractivity contribution >= 4 is 23.0 Å². The molecular formula is C12H13ClN4O2. The summed E-state index contributed by atoms with van der Waals surface area (Å²) in [5, 5.41) is 18.6. The lowest BCUT2D eigenvalue weighted by Gasteiger charge is -2.06. The van der Waals surface area contributed by atoms with Gasteiger partial charge in [-0.15, -0.1) is 0 Å². The van der Waals surface area contributed by atoms with E-state index in [4.69, 9.17) is 11.6 Å². The van der Waals surface area contributed by atoms with Gasteiger partial charge in [-0.2, -0.15) is 5.10 Å². The highest BCUT2D eigenvalue weighted by molar-refractivity contribution is 6.31. The van der Waals surface area contributed by atoms with Crippen molar-refractivity contribution in [1.82, 2.24) is 9.78 Å². The normalized spacial score (nSPS) is 10.5. The van der Waals surface area contributed by atoms with Crippen molar-refractivity contribution in [1.29, 1.82) is 0 Å². The number of benzene rings is 1. The molecule has 100 valence electrons. The summed E-state index contributed by atoms with van der Waals surface area (Å²) in [6.45, 7) is 2.35. The molecule has 6 nitrogen and oxygen atoms in total. The summed E-state index contributed by atoms with van der Waals surface area (Å²) in [5.74, 6) is 0. The van der Waals surface area contributed by atoms with Crippen LogP contribution in [0.25, 0.3) is 0 Å². The number of halogens is 1. The van der Waals surface area contributed by atoms with Crippen LogP contribution < -0.4 is 5.32 Å². The number of rotatable bonds is 4. The fourth-order valence-corrected chi connectivity index (χ4v) is 1.99. The maximum Gasteiger partial charge on any atom is 0.292 e. The number of nitro benzene ring substituents is 1. The maximum atomic E-state index is 10.9. The average molecular weight is 281 g/mol. The van der Waals surface area contributed by atoms with Gasteiger partial charge in [0, 0.05) is 36.4 Å². The van der Waals surface area contributed by atoms with Crippen LogP contribution in [0.4, 0.5) is 11.4 Å². The van der Waals surface area contributed by atoms with Gasteiger partial charge in [-0.3, -0.25) is 14.8 Å². The molecule has 0 unspecified atom stereocenters. The van der Waals surface area contributed by atoms with E-state index in [0.717, 1.165) is 11.3 Å².